The number of ether oxygens (including phenoxy) is 2. The van der Waals surface area contributed by atoms with Crippen molar-refractivity contribution in [1.82, 2.24) is 0 Å². The molecule has 0 atom stereocenters. The van der Waals surface area contributed by atoms with Crippen molar-refractivity contribution in [3.8, 4) is 11.8 Å². The number of carbonyl (C=O) groups excluding carboxylic acids is 2. The number of esters is 2. The lowest BCUT2D eigenvalue weighted by Crippen LogP contribution is -2.08. The van der Waals surface area contributed by atoms with E-state index in [4.69, 9.17) is 14.7 Å². The normalized spacial score (nSPS) is 10.6. The minimum atomic E-state index is -0.674. The molecule has 0 unspecified atom stereocenters. The van der Waals surface area contributed by atoms with Gasteiger partial charge in [-0.15, -0.1) is 0 Å². The molecule has 0 radical (unpaired) electrons. The molecule has 0 saturated heterocycles. The van der Waals surface area contributed by atoms with E-state index in [1.54, 1.807) is 61.5 Å². The van der Waals surface area contributed by atoms with E-state index >= 15 is 0 Å². The van der Waals surface area contributed by atoms with Crippen molar-refractivity contribution in [3.63, 3.8) is 0 Å². The van der Waals surface area contributed by atoms with Crippen molar-refractivity contribution < 1.29 is 19.1 Å². The van der Waals surface area contributed by atoms with Crippen molar-refractivity contribution in [1.29, 1.82) is 5.26 Å². The molecule has 5 nitrogen and oxygen atoms in total. The Kier molecular flexibility index (Phi) is 5.87. The molecule has 0 aromatic heterocycles. The van der Waals surface area contributed by atoms with Gasteiger partial charge in [0.25, 0.3) is 0 Å². The summed E-state index contributed by atoms with van der Waals surface area (Å²) in [7, 11) is 0. The Morgan fingerprint density at radius 3 is 2.33 bits per heavy atom. The molecule has 0 N–H and O–H groups in total. The van der Waals surface area contributed by atoms with Gasteiger partial charge in [0.2, 0.25) is 0 Å². The monoisotopic (exact) mass is 321 g/mol. The lowest BCUT2D eigenvalue weighted by molar-refractivity contribution is -0.137. The van der Waals surface area contributed by atoms with Crippen LogP contribution in [0.5, 0.6) is 5.75 Å². The van der Waals surface area contributed by atoms with E-state index in [-0.39, 0.29) is 12.2 Å². The van der Waals surface area contributed by atoms with Gasteiger partial charge in [0.1, 0.15) is 17.4 Å². The summed E-state index contributed by atoms with van der Waals surface area (Å²) < 4.78 is 10.0. The van der Waals surface area contributed by atoms with E-state index in [0.29, 0.717) is 16.9 Å². The van der Waals surface area contributed by atoms with E-state index < -0.39 is 11.9 Å². The Morgan fingerprint density at radius 2 is 1.75 bits per heavy atom. The fraction of sp³-hybridized carbons (Fsp3) is 0.105. The Labute approximate surface area is 139 Å². The quantitative estimate of drug-likeness (QED) is 0.365. The van der Waals surface area contributed by atoms with Gasteiger partial charge in [0.05, 0.1) is 12.2 Å². The van der Waals surface area contributed by atoms with Gasteiger partial charge in [-0.2, -0.15) is 5.26 Å². The minimum Gasteiger partial charge on any atom is -0.462 e. The van der Waals surface area contributed by atoms with Crippen LogP contribution in [0.4, 0.5) is 0 Å². The highest BCUT2D eigenvalue weighted by Gasteiger charge is 2.11. The van der Waals surface area contributed by atoms with E-state index in [9.17, 15) is 9.59 Å². The van der Waals surface area contributed by atoms with E-state index in [1.807, 2.05) is 6.07 Å². The molecule has 0 aliphatic carbocycles. The molecule has 2 aromatic carbocycles. The highest BCUT2D eigenvalue weighted by atomic mass is 16.5. The second kappa shape index (κ2) is 8.30. The molecule has 5 heteroatoms. The fourth-order valence-corrected chi connectivity index (χ4v) is 1.88. The summed E-state index contributed by atoms with van der Waals surface area (Å²) in [6.45, 7) is 1.86. The fourth-order valence-electron chi connectivity index (χ4n) is 1.88. The van der Waals surface area contributed by atoms with Crippen LogP contribution in [0.15, 0.2) is 60.2 Å². The Bertz CT molecular complexity index is 786. The second-order valence-corrected chi connectivity index (χ2v) is 4.71. The van der Waals surface area contributed by atoms with Crippen LogP contribution in [-0.4, -0.2) is 18.5 Å². The number of carbonyl (C=O) groups is 2. The predicted molar refractivity (Wildman–Crippen MR) is 88.1 cm³/mol. The van der Waals surface area contributed by atoms with Gasteiger partial charge in [-0.05, 0) is 42.8 Å². The highest BCUT2D eigenvalue weighted by molar-refractivity contribution is 5.98. The number of nitriles is 1. The summed E-state index contributed by atoms with van der Waals surface area (Å²) in [5.74, 6) is -0.698. The van der Waals surface area contributed by atoms with Crippen molar-refractivity contribution in [2.75, 3.05) is 6.61 Å². The molecular formula is C19H15NO4. The number of rotatable bonds is 5. The van der Waals surface area contributed by atoms with Gasteiger partial charge in [-0.3, -0.25) is 0 Å². The third-order valence-corrected chi connectivity index (χ3v) is 3.03. The Morgan fingerprint density at radius 1 is 1.08 bits per heavy atom. The molecule has 120 valence electrons. The highest BCUT2D eigenvalue weighted by Crippen LogP contribution is 2.14. The molecule has 0 heterocycles. The van der Waals surface area contributed by atoms with Crippen LogP contribution >= 0.6 is 0 Å². The molecule has 0 aliphatic rings. The second-order valence-electron chi connectivity index (χ2n) is 4.71. The van der Waals surface area contributed by atoms with E-state index in [0.717, 1.165) is 0 Å². The maximum Gasteiger partial charge on any atom is 0.348 e. The summed E-state index contributed by atoms with van der Waals surface area (Å²) in [4.78, 5) is 23.6. The maximum atomic E-state index is 12.0. The van der Waals surface area contributed by atoms with Gasteiger partial charge in [0, 0.05) is 0 Å². The number of nitrogens with zero attached hydrogens (tertiary/aromatic N) is 1. The molecule has 0 spiro atoms. The van der Waals surface area contributed by atoms with Crippen molar-refractivity contribution in [3.05, 3.63) is 71.3 Å². The first-order chi connectivity index (χ1) is 11.6. The summed E-state index contributed by atoms with van der Waals surface area (Å²) >= 11 is 0. The number of hydrogen-bond acceptors (Lipinski definition) is 5. The van der Waals surface area contributed by atoms with Gasteiger partial charge in [0.15, 0.2) is 0 Å². The Balaban J connectivity index is 2.11. The summed E-state index contributed by atoms with van der Waals surface area (Å²) in [6.07, 6.45) is 1.41. The van der Waals surface area contributed by atoms with Crippen LogP contribution in [0.1, 0.15) is 22.8 Å². The summed E-state index contributed by atoms with van der Waals surface area (Å²) in [5, 5.41) is 9.00. The molecular weight excluding hydrogens is 306 g/mol. The van der Waals surface area contributed by atoms with Crippen LogP contribution in [0.25, 0.3) is 6.08 Å². The lowest BCUT2D eigenvalue weighted by Gasteiger charge is -2.04. The summed E-state index contributed by atoms with van der Waals surface area (Å²) in [6, 6.07) is 16.9. The van der Waals surface area contributed by atoms with Crippen molar-refractivity contribution in [2.45, 2.75) is 6.92 Å². The number of para-hydroxylation sites is 1. The molecule has 0 fully saturated rings. The zero-order chi connectivity index (χ0) is 17.4. The first kappa shape index (κ1) is 17.0. The van der Waals surface area contributed by atoms with Crippen LogP contribution in [0.2, 0.25) is 0 Å². The summed E-state index contributed by atoms with van der Waals surface area (Å²) in [5.41, 5.74) is 0.873. The smallest absolute Gasteiger partial charge is 0.348 e. The maximum absolute atomic E-state index is 12.0. The molecule has 24 heavy (non-hydrogen) atoms. The largest absolute Gasteiger partial charge is 0.462 e. The van der Waals surface area contributed by atoms with Crippen LogP contribution < -0.4 is 4.74 Å². The zero-order valence-electron chi connectivity index (χ0n) is 13.1. The topological polar surface area (TPSA) is 76.4 Å². The molecule has 2 aromatic rings. The first-order valence-corrected chi connectivity index (χ1v) is 7.30. The molecule has 2 rings (SSSR count). The van der Waals surface area contributed by atoms with E-state index in [2.05, 4.69) is 0 Å². The lowest BCUT2D eigenvalue weighted by atomic mass is 10.1. The van der Waals surface area contributed by atoms with E-state index in [1.165, 1.54) is 6.08 Å². The Hall–Kier alpha value is -3.39. The van der Waals surface area contributed by atoms with Gasteiger partial charge >= 0.3 is 11.9 Å². The standard InChI is InChI=1S/C19H15NO4/c1-2-23-18(21)16(13-20)12-14-8-10-15(11-9-14)19(22)24-17-6-4-3-5-7-17/h3-12H,2H2,1H3. The third kappa shape index (κ3) is 4.55. The van der Waals surface area contributed by atoms with Crippen molar-refractivity contribution >= 4 is 18.0 Å². The minimum absolute atomic E-state index is 0.100. The van der Waals surface area contributed by atoms with Crippen molar-refractivity contribution in [2.24, 2.45) is 0 Å². The number of hydrogen-bond donors (Lipinski definition) is 0. The third-order valence-electron chi connectivity index (χ3n) is 3.03. The molecule has 0 amide bonds. The zero-order valence-corrected chi connectivity index (χ0v) is 13.1. The molecule has 0 saturated carbocycles. The van der Waals surface area contributed by atoms with Gasteiger partial charge in [-0.1, -0.05) is 30.3 Å². The van der Waals surface area contributed by atoms with Gasteiger partial charge in [-0.25, -0.2) is 9.59 Å². The number of benzene rings is 2. The molecule has 0 bridgehead atoms. The average Bonchev–Trinajstić information content (AvgIpc) is 2.61. The van der Waals surface area contributed by atoms with Crippen LogP contribution in [-0.2, 0) is 9.53 Å². The average molecular weight is 321 g/mol. The van der Waals surface area contributed by atoms with Gasteiger partial charge < -0.3 is 9.47 Å². The van der Waals surface area contributed by atoms with Crippen LogP contribution in [0.3, 0.4) is 0 Å². The SMILES string of the molecule is CCOC(=O)C(C#N)=Cc1ccc(C(=O)Oc2ccccc2)cc1. The van der Waals surface area contributed by atoms with Crippen LogP contribution in [0, 0.1) is 11.3 Å². The first-order valence-electron chi connectivity index (χ1n) is 7.30. The molecule has 0 aliphatic heterocycles. The predicted octanol–water partition coefficient (Wildman–Crippen LogP) is 3.38.